The molecule has 1 amide bonds. The molecular formula is C10H17NOS. The van der Waals surface area contributed by atoms with Crippen LogP contribution in [0.3, 0.4) is 0 Å². The van der Waals surface area contributed by atoms with E-state index in [0.717, 1.165) is 13.0 Å². The molecule has 2 atom stereocenters. The van der Waals surface area contributed by atoms with E-state index in [1.54, 1.807) is 0 Å². The van der Waals surface area contributed by atoms with Crippen LogP contribution in [-0.2, 0) is 4.79 Å². The topological polar surface area (TPSA) is 20.3 Å². The van der Waals surface area contributed by atoms with Gasteiger partial charge in [-0.15, -0.1) is 11.8 Å². The molecular weight excluding hydrogens is 182 g/mol. The summed E-state index contributed by atoms with van der Waals surface area (Å²) in [6.45, 7) is 3.07. The lowest BCUT2D eigenvalue weighted by Gasteiger charge is -2.34. The number of carbonyl (C=O) groups excluding carboxylic acids is 1. The number of hydrogen-bond donors (Lipinski definition) is 0. The van der Waals surface area contributed by atoms with E-state index in [-0.39, 0.29) is 5.92 Å². The number of amides is 1. The lowest BCUT2D eigenvalue weighted by Crippen LogP contribution is -2.43. The highest BCUT2D eigenvalue weighted by Crippen LogP contribution is 2.32. The normalized spacial score (nSPS) is 35.5. The minimum absolute atomic E-state index is 0.267. The van der Waals surface area contributed by atoms with Gasteiger partial charge in [0, 0.05) is 12.5 Å². The summed E-state index contributed by atoms with van der Waals surface area (Å²) < 4.78 is 0. The predicted molar refractivity (Wildman–Crippen MR) is 55.6 cm³/mol. The van der Waals surface area contributed by atoms with Crippen molar-refractivity contribution in [2.75, 3.05) is 12.3 Å². The van der Waals surface area contributed by atoms with Gasteiger partial charge in [0.1, 0.15) is 0 Å². The fourth-order valence-corrected chi connectivity index (χ4v) is 3.48. The lowest BCUT2D eigenvalue weighted by molar-refractivity contribution is -0.135. The fraction of sp³-hybridized carbons (Fsp3) is 0.900. The van der Waals surface area contributed by atoms with Crippen LogP contribution in [0.25, 0.3) is 0 Å². The van der Waals surface area contributed by atoms with Crippen molar-refractivity contribution in [2.24, 2.45) is 5.92 Å². The van der Waals surface area contributed by atoms with Crippen LogP contribution >= 0.6 is 11.8 Å². The molecule has 2 heterocycles. The summed E-state index contributed by atoms with van der Waals surface area (Å²) >= 11 is 1.97. The van der Waals surface area contributed by atoms with Crippen LogP contribution < -0.4 is 0 Å². The van der Waals surface area contributed by atoms with E-state index in [9.17, 15) is 4.79 Å². The zero-order chi connectivity index (χ0) is 9.26. The van der Waals surface area contributed by atoms with Crippen LogP contribution in [0.2, 0.25) is 0 Å². The van der Waals surface area contributed by atoms with E-state index in [1.165, 1.54) is 25.0 Å². The molecule has 0 radical (unpaired) electrons. The molecule has 0 aliphatic carbocycles. The Morgan fingerprint density at radius 1 is 1.38 bits per heavy atom. The third-order valence-corrected chi connectivity index (χ3v) is 4.39. The van der Waals surface area contributed by atoms with Crippen molar-refractivity contribution in [3.05, 3.63) is 0 Å². The highest BCUT2D eigenvalue weighted by molar-refractivity contribution is 7.99. The van der Waals surface area contributed by atoms with Gasteiger partial charge in [-0.05, 0) is 31.4 Å². The summed E-state index contributed by atoms with van der Waals surface area (Å²) in [4.78, 5) is 14.0. The predicted octanol–water partition coefficient (Wildman–Crippen LogP) is 2.10. The van der Waals surface area contributed by atoms with Gasteiger partial charge in [-0.3, -0.25) is 4.79 Å². The smallest absolute Gasteiger partial charge is 0.226 e. The molecule has 3 heteroatoms. The Morgan fingerprint density at radius 3 is 3.08 bits per heavy atom. The molecule has 2 aliphatic heterocycles. The SMILES string of the molecule is CC1CCCC2SCCCN2C1=O. The first-order valence-electron chi connectivity index (χ1n) is 5.21. The molecule has 0 aromatic rings. The second-order valence-electron chi connectivity index (χ2n) is 4.04. The quantitative estimate of drug-likeness (QED) is 0.595. The molecule has 2 nitrogen and oxygen atoms in total. The van der Waals surface area contributed by atoms with Crippen molar-refractivity contribution in [3.8, 4) is 0 Å². The molecule has 2 saturated heterocycles. The Morgan fingerprint density at radius 2 is 2.23 bits per heavy atom. The molecule has 0 N–H and O–H groups in total. The first-order chi connectivity index (χ1) is 6.29. The van der Waals surface area contributed by atoms with Gasteiger partial charge in [-0.1, -0.05) is 6.92 Å². The molecule has 0 saturated carbocycles. The summed E-state index contributed by atoms with van der Waals surface area (Å²) in [7, 11) is 0. The van der Waals surface area contributed by atoms with E-state index in [4.69, 9.17) is 0 Å². The van der Waals surface area contributed by atoms with Crippen molar-refractivity contribution in [2.45, 2.75) is 38.0 Å². The van der Waals surface area contributed by atoms with Crippen molar-refractivity contribution >= 4 is 17.7 Å². The van der Waals surface area contributed by atoms with Crippen molar-refractivity contribution in [1.82, 2.24) is 4.90 Å². The lowest BCUT2D eigenvalue weighted by atomic mass is 10.1. The molecule has 0 aromatic heterocycles. The standard InChI is InChI=1S/C10H17NOS/c1-8-4-2-5-9-11(10(8)12)6-3-7-13-9/h8-9H,2-7H2,1H3. The number of carbonyl (C=O) groups is 1. The molecule has 2 fully saturated rings. The summed E-state index contributed by atoms with van der Waals surface area (Å²) in [5.74, 6) is 1.90. The van der Waals surface area contributed by atoms with Crippen molar-refractivity contribution in [1.29, 1.82) is 0 Å². The molecule has 0 spiro atoms. The maximum absolute atomic E-state index is 11.9. The Labute approximate surface area is 84.1 Å². The maximum atomic E-state index is 11.9. The van der Waals surface area contributed by atoms with Crippen LogP contribution in [0.5, 0.6) is 0 Å². The van der Waals surface area contributed by atoms with Gasteiger partial charge in [-0.2, -0.15) is 0 Å². The third kappa shape index (κ3) is 1.85. The van der Waals surface area contributed by atoms with Gasteiger partial charge in [0.2, 0.25) is 5.91 Å². The van der Waals surface area contributed by atoms with Crippen LogP contribution in [0, 0.1) is 5.92 Å². The van der Waals surface area contributed by atoms with E-state index in [2.05, 4.69) is 11.8 Å². The van der Waals surface area contributed by atoms with Crippen LogP contribution in [0.15, 0.2) is 0 Å². The van der Waals surface area contributed by atoms with Gasteiger partial charge < -0.3 is 4.90 Å². The first kappa shape index (κ1) is 9.38. The Balaban J connectivity index is 2.11. The van der Waals surface area contributed by atoms with E-state index >= 15 is 0 Å². The van der Waals surface area contributed by atoms with E-state index < -0.39 is 0 Å². The van der Waals surface area contributed by atoms with E-state index in [0.29, 0.717) is 11.3 Å². The highest BCUT2D eigenvalue weighted by Gasteiger charge is 2.32. The van der Waals surface area contributed by atoms with Gasteiger partial charge in [-0.25, -0.2) is 0 Å². The second-order valence-corrected chi connectivity index (χ2v) is 5.33. The number of rotatable bonds is 0. The van der Waals surface area contributed by atoms with Crippen LogP contribution in [-0.4, -0.2) is 28.5 Å². The van der Waals surface area contributed by atoms with Crippen LogP contribution in [0.1, 0.15) is 32.6 Å². The minimum Gasteiger partial charge on any atom is -0.330 e. The molecule has 0 bridgehead atoms. The number of fused-ring (bicyclic) bond motifs is 1. The Kier molecular flexibility index (Phi) is 2.82. The summed E-state index contributed by atoms with van der Waals surface area (Å²) in [5.41, 5.74) is 0. The zero-order valence-electron chi connectivity index (χ0n) is 8.16. The van der Waals surface area contributed by atoms with E-state index in [1.807, 2.05) is 11.8 Å². The third-order valence-electron chi connectivity index (χ3n) is 2.99. The molecule has 0 aromatic carbocycles. The summed E-state index contributed by atoms with van der Waals surface area (Å²) in [6.07, 6.45) is 4.70. The second kappa shape index (κ2) is 3.91. The summed E-state index contributed by atoms with van der Waals surface area (Å²) in [5, 5.41) is 0.506. The molecule has 74 valence electrons. The monoisotopic (exact) mass is 199 g/mol. The van der Waals surface area contributed by atoms with Gasteiger partial charge >= 0.3 is 0 Å². The summed E-state index contributed by atoms with van der Waals surface area (Å²) in [6, 6.07) is 0. The Bertz CT molecular complexity index is 207. The van der Waals surface area contributed by atoms with Crippen molar-refractivity contribution in [3.63, 3.8) is 0 Å². The molecule has 2 unspecified atom stereocenters. The van der Waals surface area contributed by atoms with Crippen LogP contribution in [0.4, 0.5) is 0 Å². The first-order valence-corrected chi connectivity index (χ1v) is 6.26. The highest BCUT2D eigenvalue weighted by atomic mass is 32.2. The number of nitrogens with zero attached hydrogens (tertiary/aromatic N) is 1. The minimum atomic E-state index is 0.267. The molecule has 2 rings (SSSR count). The Hall–Kier alpha value is -0.180. The van der Waals surface area contributed by atoms with Crippen molar-refractivity contribution < 1.29 is 4.79 Å². The zero-order valence-corrected chi connectivity index (χ0v) is 8.98. The largest absolute Gasteiger partial charge is 0.330 e. The number of hydrogen-bond acceptors (Lipinski definition) is 2. The molecule has 13 heavy (non-hydrogen) atoms. The molecule has 2 aliphatic rings. The van der Waals surface area contributed by atoms with Gasteiger partial charge in [0.05, 0.1) is 5.37 Å². The van der Waals surface area contributed by atoms with Gasteiger partial charge in [0.25, 0.3) is 0 Å². The number of thioether (sulfide) groups is 1. The average Bonchev–Trinajstić information content (AvgIpc) is 2.29. The fourth-order valence-electron chi connectivity index (χ4n) is 2.18. The maximum Gasteiger partial charge on any atom is 0.226 e. The van der Waals surface area contributed by atoms with Gasteiger partial charge in [0.15, 0.2) is 0 Å². The average molecular weight is 199 g/mol.